The van der Waals surface area contributed by atoms with Gasteiger partial charge in [0.25, 0.3) is 0 Å². The van der Waals surface area contributed by atoms with Crippen LogP contribution in [0.4, 0.5) is 0 Å². The van der Waals surface area contributed by atoms with Crippen LogP contribution >= 0.6 is 0 Å². The molecule has 1 aliphatic rings. The zero-order chi connectivity index (χ0) is 14.2. The third-order valence-corrected chi connectivity index (χ3v) is 3.56. The molecule has 0 atom stereocenters. The Labute approximate surface area is 111 Å². The van der Waals surface area contributed by atoms with E-state index >= 15 is 0 Å². The second-order valence-electron chi connectivity index (χ2n) is 5.22. The fourth-order valence-electron chi connectivity index (χ4n) is 2.24. The minimum Gasteiger partial charge on any atom is -0.478 e. The lowest BCUT2D eigenvalue weighted by molar-refractivity contribution is -0.135. The summed E-state index contributed by atoms with van der Waals surface area (Å²) in [7, 11) is 0. The van der Waals surface area contributed by atoms with Gasteiger partial charge < -0.3 is 14.8 Å². The van der Waals surface area contributed by atoms with E-state index in [0.717, 1.165) is 0 Å². The zero-order valence-electron chi connectivity index (χ0n) is 11.3. The summed E-state index contributed by atoms with van der Waals surface area (Å²) < 4.78 is 5.45. The molecule has 0 unspecified atom stereocenters. The molecule has 2 rings (SSSR count). The van der Waals surface area contributed by atoms with Crippen molar-refractivity contribution in [3.05, 3.63) is 23.2 Å². The van der Waals surface area contributed by atoms with E-state index in [1.165, 1.54) is 6.07 Å². The van der Waals surface area contributed by atoms with Crippen LogP contribution in [0.5, 0.6) is 0 Å². The first-order valence-electron chi connectivity index (χ1n) is 6.18. The normalized spacial score (nSPS) is 19.2. The molecule has 1 amide bonds. The van der Waals surface area contributed by atoms with E-state index in [0.29, 0.717) is 31.2 Å². The highest BCUT2D eigenvalue weighted by molar-refractivity contribution is 5.89. The molecule has 0 radical (unpaired) electrons. The van der Waals surface area contributed by atoms with E-state index in [4.69, 9.17) is 9.52 Å². The summed E-state index contributed by atoms with van der Waals surface area (Å²) in [5, 5.41) is 11.8. The zero-order valence-corrected chi connectivity index (χ0v) is 11.3. The average Bonchev–Trinajstić information content (AvgIpc) is 2.67. The number of nitrogens with zero attached hydrogens (tertiary/aromatic N) is 1. The Bertz CT molecular complexity index is 519. The molecule has 0 aliphatic carbocycles. The lowest BCUT2D eigenvalue weighted by Crippen LogP contribution is -2.61. The number of hydrogen-bond acceptors (Lipinski definition) is 4. The summed E-state index contributed by atoms with van der Waals surface area (Å²) in [4.78, 5) is 24.8. The summed E-state index contributed by atoms with van der Waals surface area (Å²) in [6.45, 7) is 7.04. The molecule has 0 aromatic carbocycles. The largest absolute Gasteiger partial charge is 0.478 e. The Balaban J connectivity index is 2.19. The Morgan fingerprint density at radius 3 is 2.84 bits per heavy atom. The molecule has 104 valence electrons. The second-order valence-corrected chi connectivity index (χ2v) is 5.22. The second kappa shape index (κ2) is 4.70. The summed E-state index contributed by atoms with van der Waals surface area (Å²) in [5.74, 6) is -0.0666. The van der Waals surface area contributed by atoms with Crippen LogP contribution < -0.4 is 5.32 Å². The standard InChI is InChI=1S/C13H18N2O4/c1-8-10(11(16)17)6-9(19-8)7-15-5-4-14-12(18)13(15,2)3/h6H,4-5,7H2,1-3H3,(H,14,18)(H,16,17). The first-order valence-corrected chi connectivity index (χ1v) is 6.18. The maximum Gasteiger partial charge on any atom is 0.339 e. The van der Waals surface area contributed by atoms with E-state index in [1.54, 1.807) is 6.92 Å². The number of carboxylic acids is 1. The number of piperazine rings is 1. The molecule has 0 saturated carbocycles. The fourth-order valence-corrected chi connectivity index (χ4v) is 2.24. The Morgan fingerprint density at radius 1 is 1.58 bits per heavy atom. The van der Waals surface area contributed by atoms with Gasteiger partial charge in [0, 0.05) is 13.1 Å². The Kier molecular flexibility index (Phi) is 3.36. The van der Waals surface area contributed by atoms with Crippen molar-refractivity contribution in [1.82, 2.24) is 10.2 Å². The van der Waals surface area contributed by atoms with Crippen molar-refractivity contribution in [2.24, 2.45) is 0 Å². The number of hydrogen-bond donors (Lipinski definition) is 2. The topological polar surface area (TPSA) is 82.8 Å². The van der Waals surface area contributed by atoms with Crippen LogP contribution in [0.2, 0.25) is 0 Å². The Morgan fingerprint density at radius 2 is 2.26 bits per heavy atom. The number of aromatic carboxylic acids is 1. The molecule has 6 heteroatoms. The predicted molar refractivity (Wildman–Crippen MR) is 67.9 cm³/mol. The van der Waals surface area contributed by atoms with Crippen LogP contribution in [0, 0.1) is 6.92 Å². The molecule has 2 N–H and O–H groups in total. The van der Waals surface area contributed by atoms with Gasteiger partial charge in [0.2, 0.25) is 5.91 Å². The quantitative estimate of drug-likeness (QED) is 0.852. The van der Waals surface area contributed by atoms with Crippen LogP contribution in [-0.4, -0.2) is 40.5 Å². The maximum absolute atomic E-state index is 11.8. The van der Waals surface area contributed by atoms with Gasteiger partial charge in [-0.05, 0) is 26.8 Å². The van der Waals surface area contributed by atoms with Gasteiger partial charge in [-0.3, -0.25) is 9.69 Å². The summed E-state index contributed by atoms with van der Waals surface area (Å²) >= 11 is 0. The van der Waals surface area contributed by atoms with Gasteiger partial charge in [-0.25, -0.2) is 4.79 Å². The van der Waals surface area contributed by atoms with Gasteiger partial charge in [0.1, 0.15) is 17.1 Å². The van der Waals surface area contributed by atoms with E-state index in [1.807, 2.05) is 18.7 Å². The van der Waals surface area contributed by atoms with E-state index in [9.17, 15) is 9.59 Å². The molecule has 19 heavy (non-hydrogen) atoms. The molecule has 1 aliphatic heterocycles. The van der Waals surface area contributed by atoms with Gasteiger partial charge in [0.05, 0.1) is 12.1 Å². The van der Waals surface area contributed by atoms with E-state index < -0.39 is 11.5 Å². The highest BCUT2D eigenvalue weighted by Crippen LogP contribution is 2.23. The minimum absolute atomic E-state index is 0.0273. The molecule has 1 fully saturated rings. The SMILES string of the molecule is Cc1oc(CN2CCNC(=O)C2(C)C)cc1C(=O)O. The van der Waals surface area contributed by atoms with E-state index in [-0.39, 0.29) is 11.5 Å². The van der Waals surface area contributed by atoms with Crippen molar-refractivity contribution in [2.75, 3.05) is 13.1 Å². The van der Waals surface area contributed by atoms with Crippen molar-refractivity contribution >= 4 is 11.9 Å². The highest BCUT2D eigenvalue weighted by atomic mass is 16.4. The lowest BCUT2D eigenvalue weighted by atomic mass is 9.99. The summed E-state index contributed by atoms with van der Waals surface area (Å²) in [5.41, 5.74) is -0.447. The van der Waals surface area contributed by atoms with Crippen molar-refractivity contribution < 1.29 is 19.1 Å². The van der Waals surface area contributed by atoms with Crippen molar-refractivity contribution in [3.8, 4) is 0 Å². The van der Waals surface area contributed by atoms with Crippen LogP contribution in [-0.2, 0) is 11.3 Å². The minimum atomic E-state index is -0.997. The van der Waals surface area contributed by atoms with Gasteiger partial charge in [-0.2, -0.15) is 0 Å². The number of carbonyl (C=O) groups excluding carboxylic acids is 1. The molecule has 0 spiro atoms. The summed E-state index contributed by atoms with van der Waals surface area (Å²) in [6.07, 6.45) is 0. The van der Waals surface area contributed by atoms with Crippen LogP contribution in [0.15, 0.2) is 10.5 Å². The van der Waals surface area contributed by atoms with Gasteiger partial charge >= 0.3 is 5.97 Å². The molecule has 6 nitrogen and oxygen atoms in total. The molecule has 0 bridgehead atoms. The van der Waals surface area contributed by atoms with Crippen molar-refractivity contribution in [1.29, 1.82) is 0 Å². The molecular formula is C13H18N2O4. The number of carboxylic acid groups (broad SMARTS) is 1. The Hall–Kier alpha value is -1.82. The number of nitrogens with one attached hydrogen (secondary N) is 1. The van der Waals surface area contributed by atoms with Crippen molar-refractivity contribution in [3.63, 3.8) is 0 Å². The number of aryl methyl sites for hydroxylation is 1. The average molecular weight is 266 g/mol. The first-order chi connectivity index (χ1) is 8.82. The number of amides is 1. The highest BCUT2D eigenvalue weighted by Gasteiger charge is 2.37. The number of furan rings is 1. The fraction of sp³-hybridized carbons (Fsp3) is 0.538. The maximum atomic E-state index is 11.8. The summed E-state index contributed by atoms with van der Waals surface area (Å²) in [6, 6.07) is 1.53. The first kappa shape index (κ1) is 13.6. The lowest BCUT2D eigenvalue weighted by Gasteiger charge is -2.40. The van der Waals surface area contributed by atoms with Crippen LogP contribution in [0.25, 0.3) is 0 Å². The van der Waals surface area contributed by atoms with Gasteiger partial charge in [-0.15, -0.1) is 0 Å². The number of rotatable bonds is 3. The third-order valence-electron chi connectivity index (χ3n) is 3.56. The molecule has 1 saturated heterocycles. The number of carbonyl (C=O) groups is 2. The molecule has 1 aromatic rings. The monoisotopic (exact) mass is 266 g/mol. The van der Waals surface area contributed by atoms with E-state index in [2.05, 4.69) is 5.32 Å². The predicted octanol–water partition coefficient (Wildman–Crippen LogP) is 0.997. The van der Waals surface area contributed by atoms with Gasteiger partial charge in [0.15, 0.2) is 0 Å². The molecule has 2 heterocycles. The van der Waals surface area contributed by atoms with Crippen molar-refractivity contribution in [2.45, 2.75) is 32.9 Å². The molecular weight excluding hydrogens is 248 g/mol. The molecule has 1 aromatic heterocycles. The van der Waals surface area contributed by atoms with Crippen LogP contribution in [0.3, 0.4) is 0 Å². The smallest absolute Gasteiger partial charge is 0.339 e. The third kappa shape index (κ3) is 2.49. The van der Waals surface area contributed by atoms with Gasteiger partial charge in [-0.1, -0.05) is 0 Å². The van der Waals surface area contributed by atoms with Crippen LogP contribution in [0.1, 0.15) is 35.7 Å².